The van der Waals surface area contributed by atoms with E-state index in [4.69, 9.17) is 0 Å². The van der Waals surface area contributed by atoms with Crippen molar-refractivity contribution in [1.82, 2.24) is 4.57 Å². The number of nitrogens with zero attached hydrogens (tertiary/aromatic N) is 2. The minimum atomic E-state index is -0.422. The van der Waals surface area contributed by atoms with E-state index in [0.29, 0.717) is 28.9 Å². The van der Waals surface area contributed by atoms with E-state index in [9.17, 15) is 14.0 Å². The highest BCUT2D eigenvalue weighted by Gasteiger charge is 2.17. The standard InChI is InChI=1S/C33H34FN3O2/c1-23-15-18-37(19-16-23)28-12-8-26(9-13-28)32(38)21-24-5-10-27(11-6-24)35-30-14-7-25(20-29(30)34)22-33(39)31-4-3-17-36(31)2/h3-14,17,20,23,35H,15-16,18-19,21-22H2,1-2H3. The lowest BCUT2D eigenvalue weighted by Gasteiger charge is -2.32. The minimum absolute atomic E-state index is 0.0552. The summed E-state index contributed by atoms with van der Waals surface area (Å²) in [6.45, 7) is 4.43. The summed E-state index contributed by atoms with van der Waals surface area (Å²) in [5.74, 6) is 0.376. The molecule has 3 aromatic carbocycles. The number of anilines is 3. The van der Waals surface area contributed by atoms with Crippen molar-refractivity contribution in [2.75, 3.05) is 23.3 Å². The van der Waals surface area contributed by atoms with Crippen molar-refractivity contribution in [3.8, 4) is 0 Å². The molecule has 0 aliphatic carbocycles. The van der Waals surface area contributed by atoms with Crippen molar-refractivity contribution in [1.29, 1.82) is 0 Å². The maximum atomic E-state index is 14.8. The zero-order valence-corrected chi connectivity index (χ0v) is 22.5. The number of rotatable bonds is 9. The summed E-state index contributed by atoms with van der Waals surface area (Å²) in [6, 6.07) is 23.8. The van der Waals surface area contributed by atoms with Gasteiger partial charge in [-0.25, -0.2) is 4.39 Å². The van der Waals surface area contributed by atoms with Gasteiger partial charge in [0.15, 0.2) is 11.6 Å². The van der Waals surface area contributed by atoms with Crippen LogP contribution in [0.5, 0.6) is 0 Å². The van der Waals surface area contributed by atoms with Crippen LogP contribution >= 0.6 is 0 Å². The van der Waals surface area contributed by atoms with Crippen LogP contribution in [-0.2, 0) is 19.9 Å². The summed E-state index contributed by atoms with van der Waals surface area (Å²) in [6.07, 6.45) is 4.67. The number of aromatic nitrogens is 1. The fraction of sp³-hybridized carbons (Fsp3) is 0.273. The first-order valence-corrected chi connectivity index (χ1v) is 13.5. The Morgan fingerprint density at radius 2 is 1.54 bits per heavy atom. The third-order valence-corrected chi connectivity index (χ3v) is 7.56. The van der Waals surface area contributed by atoms with Gasteiger partial charge < -0.3 is 14.8 Å². The van der Waals surface area contributed by atoms with E-state index in [1.807, 2.05) is 67.8 Å². The molecule has 1 N–H and O–H groups in total. The monoisotopic (exact) mass is 523 g/mol. The number of benzene rings is 3. The molecule has 5 rings (SSSR count). The van der Waals surface area contributed by atoms with Gasteiger partial charge in [0.1, 0.15) is 5.82 Å². The summed E-state index contributed by atoms with van der Waals surface area (Å²) >= 11 is 0. The van der Waals surface area contributed by atoms with E-state index in [0.717, 1.165) is 30.3 Å². The fourth-order valence-corrected chi connectivity index (χ4v) is 5.07. The highest BCUT2D eigenvalue weighted by Crippen LogP contribution is 2.25. The molecule has 2 heterocycles. The smallest absolute Gasteiger partial charge is 0.183 e. The number of halogens is 1. The van der Waals surface area contributed by atoms with Gasteiger partial charge in [-0.1, -0.05) is 25.1 Å². The lowest BCUT2D eigenvalue weighted by atomic mass is 9.98. The normalized spacial score (nSPS) is 13.9. The van der Waals surface area contributed by atoms with E-state index < -0.39 is 5.82 Å². The number of Topliss-reactive ketones (excluding diaryl/α,β-unsaturated/α-hetero) is 2. The van der Waals surface area contributed by atoms with Crippen molar-refractivity contribution >= 4 is 28.6 Å². The van der Waals surface area contributed by atoms with Crippen molar-refractivity contribution < 1.29 is 14.0 Å². The molecule has 1 aliphatic rings. The molecule has 1 aromatic heterocycles. The first kappa shape index (κ1) is 26.4. The van der Waals surface area contributed by atoms with Crippen molar-refractivity contribution in [3.05, 3.63) is 113 Å². The molecule has 39 heavy (non-hydrogen) atoms. The zero-order chi connectivity index (χ0) is 27.4. The van der Waals surface area contributed by atoms with Gasteiger partial charge in [0.05, 0.1) is 11.4 Å². The molecular formula is C33H34FN3O2. The molecule has 0 atom stereocenters. The molecule has 0 radical (unpaired) electrons. The summed E-state index contributed by atoms with van der Waals surface area (Å²) in [5, 5.41) is 3.09. The van der Waals surface area contributed by atoms with Crippen molar-refractivity contribution in [3.63, 3.8) is 0 Å². The Hall–Kier alpha value is -4.19. The number of hydrogen-bond donors (Lipinski definition) is 1. The van der Waals surface area contributed by atoms with E-state index >= 15 is 0 Å². The third-order valence-electron chi connectivity index (χ3n) is 7.56. The number of piperidine rings is 1. The Balaban J connectivity index is 1.16. The summed E-state index contributed by atoms with van der Waals surface area (Å²) in [7, 11) is 1.82. The highest BCUT2D eigenvalue weighted by atomic mass is 19.1. The average molecular weight is 524 g/mol. The number of ketones is 2. The summed E-state index contributed by atoms with van der Waals surface area (Å²) in [5.41, 5.74) is 5.05. The van der Waals surface area contributed by atoms with Gasteiger partial charge in [-0.3, -0.25) is 9.59 Å². The minimum Gasteiger partial charge on any atom is -0.372 e. The predicted molar refractivity (Wildman–Crippen MR) is 155 cm³/mol. The topological polar surface area (TPSA) is 54.3 Å². The molecule has 0 unspecified atom stereocenters. The van der Waals surface area contributed by atoms with Gasteiger partial charge >= 0.3 is 0 Å². The van der Waals surface area contributed by atoms with E-state index in [2.05, 4.69) is 17.1 Å². The van der Waals surface area contributed by atoms with Crippen LogP contribution in [0, 0.1) is 11.7 Å². The quantitative estimate of drug-likeness (QED) is 0.240. The van der Waals surface area contributed by atoms with Gasteiger partial charge in [-0.15, -0.1) is 0 Å². The second-order valence-electron chi connectivity index (χ2n) is 10.6. The molecule has 0 saturated carbocycles. The Morgan fingerprint density at radius 1 is 0.872 bits per heavy atom. The van der Waals surface area contributed by atoms with Crippen LogP contribution < -0.4 is 10.2 Å². The molecule has 4 aromatic rings. The first-order chi connectivity index (χ1) is 18.9. The number of aryl methyl sites for hydroxylation is 1. The predicted octanol–water partition coefficient (Wildman–Crippen LogP) is 6.99. The molecule has 6 heteroatoms. The van der Waals surface area contributed by atoms with E-state index in [-0.39, 0.29) is 18.0 Å². The summed E-state index contributed by atoms with van der Waals surface area (Å²) < 4.78 is 16.5. The van der Waals surface area contributed by atoms with Gasteiger partial charge in [0, 0.05) is 56.1 Å². The molecule has 5 nitrogen and oxygen atoms in total. The first-order valence-electron chi connectivity index (χ1n) is 13.5. The SMILES string of the molecule is CC1CCN(c2ccc(C(=O)Cc3ccc(Nc4ccc(CC(=O)c5cccn5C)cc4F)cc3)cc2)CC1. The lowest BCUT2D eigenvalue weighted by Crippen LogP contribution is -2.32. The molecule has 0 bridgehead atoms. The van der Waals surface area contributed by atoms with Crippen LogP contribution in [0.3, 0.4) is 0 Å². The lowest BCUT2D eigenvalue weighted by molar-refractivity contribution is 0.0980. The molecule has 1 saturated heterocycles. The van der Waals surface area contributed by atoms with Gasteiger partial charge in [0.25, 0.3) is 0 Å². The van der Waals surface area contributed by atoms with E-state index in [1.165, 1.54) is 24.6 Å². The molecule has 1 fully saturated rings. The maximum Gasteiger partial charge on any atom is 0.183 e. The molecule has 200 valence electrons. The zero-order valence-electron chi connectivity index (χ0n) is 22.5. The Morgan fingerprint density at radius 3 is 2.18 bits per heavy atom. The van der Waals surface area contributed by atoms with Crippen LogP contribution in [0.25, 0.3) is 0 Å². The van der Waals surface area contributed by atoms with Gasteiger partial charge in [-0.2, -0.15) is 0 Å². The van der Waals surface area contributed by atoms with E-state index in [1.54, 1.807) is 22.8 Å². The van der Waals surface area contributed by atoms with Crippen molar-refractivity contribution in [2.24, 2.45) is 13.0 Å². The second kappa shape index (κ2) is 11.7. The third kappa shape index (κ3) is 6.45. The van der Waals surface area contributed by atoms with Crippen LogP contribution in [0.1, 0.15) is 51.7 Å². The Kier molecular flexibility index (Phi) is 7.92. The Bertz CT molecular complexity index is 1450. The van der Waals surface area contributed by atoms with Crippen LogP contribution in [0.4, 0.5) is 21.5 Å². The second-order valence-corrected chi connectivity index (χ2v) is 10.6. The largest absolute Gasteiger partial charge is 0.372 e. The molecular weight excluding hydrogens is 489 g/mol. The van der Waals surface area contributed by atoms with Gasteiger partial charge in [-0.05, 0) is 90.6 Å². The van der Waals surface area contributed by atoms with Crippen LogP contribution in [-0.4, -0.2) is 29.2 Å². The molecule has 1 aliphatic heterocycles. The molecule has 0 amide bonds. The summed E-state index contributed by atoms with van der Waals surface area (Å²) in [4.78, 5) is 27.7. The maximum absolute atomic E-state index is 14.8. The molecule has 0 spiro atoms. The average Bonchev–Trinajstić information content (AvgIpc) is 3.38. The van der Waals surface area contributed by atoms with Crippen LogP contribution in [0.2, 0.25) is 0 Å². The highest BCUT2D eigenvalue weighted by molar-refractivity contribution is 5.98. The fourth-order valence-electron chi connectivity index (χ4n) is 5.07. The van der Waals surface area contributed by atoms with Crippen molar-refractivity contribution in [2.45, 2.75) is 32.6 Å². The number of carbonyl (C=O) groups excluding carboxylic acids is 2. The van der Waals surface area contributed by atoms with Gasteiger partial charge in [0.2, 0.25) is 0 Å². The number of carbonyl (C=O) groups is 2. The number of nitrogens with one attached hydrogen (secondary N) is 1. The number of hydrogen-bond acceptors (Lipinski definition) is 4. The van der Waals surface area contributed by atoms with Crippen LogP contribution in [0.15, 0.2) is 85.1 Å². The Labute approximate surface area is 229 Å².